The molecule has 1 aromatic rings. The molecule has 5 nitrogen and oxygen atoms in total. The summed E-state index contributed by atoms with van der Waals surface area (Å²) in [5.74, 6) is 0.648. The number of piperidine rings is 1. The first kappa shape index (κ1) is 13.6. The van der Waals surface area contributed by atoms with E-state index in [1.54, 1.807) is 6.20 Å². The van der Waals surface area contributed by atoms with Crippen molar-refractivity contribution >= 4 is 5.82 Å². The van der Waals surface area contributed by atoms with E-state index in [0.717, 1.165) is 45.3 Å². The maximum atomic E-state index is 12.6. The van der Waals surface area contributed by atoms with Crippen LogP contribution in [0, 0.1) is 0 Å². The zero-order valence-corrected chi connectivity index (χ0v) is 12.2. The quantitative estimate of drug-likeness (QED) is 0.886. The molecule has 0 aromatic carbocycles. The van der Waals surface area contributed by atoms with Crippen molar-refractivity contribution in [2.75, 3.05) is 24.5 Å². The average molecular weight is 276 g/mol. The fourth-order valence-electron chi connectivity index (χ4n) is 3.05. The maximum Gasteiger partial charge on any atom is 0.293 e. The first-order valence-corrected chi connectivity index (χ1v) is 7.85. The highest BCUT2D eigenvalue weighted by Gasteiger charge is 2.28. The third-order valence-electron chi connectivity index (χ3n) is 4.24. The minimum absolute atomic E-state index is 0.0917. The summed E-state index contributed by atoms with van der Waals surface area (Å²) >= 11 is 0. The van der Waals surface area contributed by atoms with Crippen LogP contribution >= 0.6 is 0 Å². The van der Waals surface area contributed by atoms with Crippen LogP contribution in [0.2, 0.25) is 0 Å². The Kier molecular flexibility index (Phi) is 4.05. The molecule has 0 radical (unpaired) electrons. The smallest absolute Gasteiger partial charge is 0.293 e. The van der Waals surface area contributed by atoms with Crippen LogP contribution in [0.5, 0.6) is 0 Å². The zero-order chi connectivity index (χ0) is 13.9. The lowest BCUT2D eigenvalue weighted by Crippen LogP contribution is -2.49. The molecule has 2 aliphatic rings. The van der Waals surface area contributed by atoms with Gasteiger partial charge in [0, 0.05) is 37.6 Å². The SMILES string of the molecule is CCCN(c1nccn(C2CC2)c1=O)C1CCCNC1. The number of nitrogens with zero attached hydrogens (tertiary/aromatic N) is 3. The Balaban J connectivity index is 1.90. The molecular formula is C15H24N4O. The van der Waals surface area contributed by atoms with Crippen molar-refractivity contribution in [1.82, 2.24) is 14.9 Å². The first-order valence-electron chi connectivity index (χ1n) is 7.85. The lowest BCUT2D eigenvalue weighted by Gasteiger charge is -2.35. The highest BCUT2D eigenvalue weighted by Crippen LogP contribution is 2.33. The number of hydrogen-bond donors (Lipinski definition) is 1. The Bertz CT molecular complexity index is 503. The molecule has 1 atom stereocenters. The molecule has 110 valence electrons. The predicted molar refractivity (Wildman–Crippen MR) is 80.3 cm³/mol. The van der Waals surface area contributed by atoms with E-state index in [4.69, 9.17) is 0 Å². The van der Waals surface area contributed by atoms with Crippen molar-refractivity contribution in [2.24, 2.45) is 0 Å². The lowest BCUT2D eigenvalue weighted by molar-refractivity contribution is 0.427. The van der Waals surface area contributed by atoms with Crippen molar-refractivity contribution in [1.29, 1.82) is 0 Å². The number of rotatable bonds is 5. The van der Waals surface area contributed by atoms with Gasteiger partial charge in [-0.05, 0) is 38.6 Å². The Morgan fingerprint density at radius 2 is 2.30 bits per heavy atom. The van der Waals surface area contributed by atoms with Crippen molar-refractivity contribution in [2.45, 2.75) is 51.1 Å². The first-order chi connectivity index (χ1) is 9.81. The highest BCUT2D eigenvalue weighted by atomic mass is 16.1. The third-order valence-corrected chi connectivity index (χ3v) is 4.24. The number of anilines is 1. The van der Waals surface area contributed by atoms with E-state index in [0.29, 0.717) is 17.9 Å². The van der Waals surface area contributed by atoms with Crippen LogP contribution < -0.4 is 15.8 Å². The van der Waals surface area contributed by atoms with Crippen LogP contribution in [0.3, 0.4) is 0 Å². The van der Waals surface area contributed by atoms with Crippen LogP contribution in [0.4, 0.5) is 5.82 Å². The molecule has 1 aliphatic carbocycles. The second-order valence-corrected chi connectivity index (χ2v) is 5.89. The summed E-state index contributed by atoms with van der Waals surface area (Å²) in [4.78, 5) is 19.3. The van der Waals surface area contributed by atoms with Gasteiger partial charge in [-0.2, -0.15) is 0 Å². The molecule has 1 unspecified atom stereocenters. The van der Waals surface area contributed by atoms with Crippen molar-refractivity contribution in [3.63, 3.8) is 0 Å². The molecule has 5 heteroatoms. The van der Waals surface area contributed by atoms with Crippen LogP contribution in [-0.4, -0.2) is 35.2 Å². The lowest BCUT2D eigenvalue weighted by atomic mass is 10.1. The summed E-state index contributed by atoms with van der Waals surface area (Å²) in [6.07, 6.45) is 9.24. The van der Waals surface area contributed by atoms with E-state index in [1.807, 2.05) is 10.8 Å². The van der Waals surface area contributed by atoms with Crippen LogP contribution in [0.1, 0.15) is 45.1 Å². The fraction of sp³-hybridized carbons (Fsp3) is 0.733. The Morgan fingerprint density at radius 3 is 2.95 bits per heavy atom. The van der Waals surface area contributed by atoms with E-state index in [2.05, 4.69) is 22.1 Å². The summed E-state index contributed by atoms with van der Waals surface area (Å²) in [6.45, 7) is 5.11. The van der Waals surface area contributed by atoms with Gasteiger partial charge in [0.2, 0.25) is 0 Å². The van der Waals surface area contributed by atoms with E-state index in [9.17, 15) is 4.79 Å². The van der Waals surface area contributed by atoms with Gasteiger partial charge in [0.15, 0.2) is 5.82 Å². The third kappa shape index (κ3) is 2.73. The summed E-state index contributed by atoms with van der Waals surface area (Å²) in [6, 6.07) is 0.816. The van der Waals surface area contributed by atoms with E-state index < -0.39 is 0 Å². The van der Waals surface area contributed by atoms with E-state index >= 15 is 0 Å². The van der Waals surface area contributed by atoms with Gasteiger partial charge in [0.05, 0.1) is 0 Å². The van der Waals surface area contributed by atoms with Gasteiger partial charge in [-0.15, -0.1) is 0 Å². The molecule has 1 aliphatic heterocycles. The minimum atomic E-state index is 0.0917. The van der Waals surface area contributed by atoms with Gasteiger partial charge in [-0.25, -0.2) is 4.98 Å². The molecule has 1 aromatic heterocycles. The minimum Gasteiger partial charge on any atom is -0.348 e. The summed E-state index contributed by atoms with van der Waals surface area (Å²) in [5, 5.41) is 3.43. The number of aromatic nitrogens is 2. The monoisotopic (exact) mass is 276 g/mol. The van der Waals surface area contributed by atoms with Crippen LogP contribution in [0.25, 0.3) is 0 Å². The van der Waals surface area contributed by atoms with Crippen molar-refractivity contribution < 1.29 is 0 Å². The second-order valence-electron chi connectivity index (χ2n) is 5.89. The normalized spacial score (nSPS) is 22.8. The zero-order valence-electron chi connectivity index (χ0n) is 12.2. The number of nitrogens with one attached hydrogen (secondary N) is 1. The summed E-state index contributed by atoms with van der Waals surface area (Å²) < 4.78 is 1.88. The van der Waals surface area contributed by atoms with Crippen LogP contribution in [-0.2, 0) is 0 Å². The molecule has 0 spiro atoms. The summed E-state index contributed by atoms with van der Waals surface area (Å²) in [5.41, 5.74) is 0.0917. The molecule has 0 amide bonds. The molecule has 1 saturated heterocycles. The Labute approximate surface area is 120 Å². The van der Waals surface area contributed by atoms with Gasteiger partial charge < -0.3 is 14.8 Å². The maximum absolute atomic E-state index is 12.6. The van der Waals surface area contributed by atoms with Crippen molar-refractivity contribution in [3.05, 3.63) is 22.7 Å². The largest absolute Gasteiger partial charge is 0.348 e. The molecule has 1 N–H and O–H groups in total. The topological polar surface area (TPSA) is 50.2 Å². The van der Waals surface area contributed by atoms with E-state index in [-0.39, 0.29) is 5.56 Å². The standard InChI is InChI=1S/C15H24N4O/c1-2-9-18(13-4-3-7-16-11-13)14-15(20)19(10-8-17-14)12-5-6-12/h8,10,12-13,16H,2-7,9,11H2,1H3. The van der Waals surface area contributed by atoms with Gasteiger partial charge in [-0.3, -0.25) is 4.79 Å². The molecule has 1 saturated carbocycles. The molecule has 0 bridgehead atoms. The molecule has 20 heavy (non-hydrogen) atoms. The molecule has 3 rings (SSSR count). The Morgan fingerprint density at radius 1 is 1.45 bits per heavy atom. The average Bonchev–Trinajstić information content (AvgIpc) is 3.31. The van der Waals surface area contributed by atoms with Gasteiger partial charge in [-0.1, -0.05) is 6.92 Å². The predicted octanol–water partition coefficient (Wildman–Crippen LogP) is 1.55. The summed E-state index contributed by atoms with van der Waals surface area (Å²) in [7, 11) is 0. The van der Waals surface area contributed by atoms with Crippen LogP contribution in [0.15, 0.2) is 17.2 Å². The number of hydrogen-bond acceptors (Lipinski definition) is 4. The van der Waals surface area contributed by atoms with Gasteiger partial charge >= 0.3 is 0 Å². The van der Waals surface area contributed by atoms with Crippen molar-refractivity contribution in [3.8, 4) is 0 Å². The molecule has 2 heterocycles. The highest BCUT2D eigenvalue weighted by molar-refractivity contribution is 5.38. The molecular weight excluding hydrogens is 252 g/mol. The molecule has 2 fully saturated rings. The van der Waals surface area contributed by atoms with Gasteiger partial charge in [0.1, 0.15) is 0 Å². The Hall–Kier alpha value is -1.36. The van der Waals surface area contributed by atoms with Gasteiger partial charge in [0.25, 0.3) is 5.56 Å². The fourth-order valence-corrected chi connectivity index (χ4v) is 3.05. The van der Waals surface area contributed by atoms with E-state index in [1.165, 1.54) is 6.42 Å². The second kappa shape index (κ2) is 5.95.